The van der Waals surface area contributed by atoms with Crippen molar-refractivity contribution < 1.29 is 28.6 Å². The molecule has 8 rings (SSSR count). The lowest BCUT2D eigenvalue weighted by Gasteiger charge is -2.58. The maximum Gasteiger partial charge on any atom is 0.416 e. The first-order valence-corrected chi connectivity index (χ1v) is 30.3. The average molecular weight is 1150 g/mol. The highest BCUT2D eigenvalue weighted by Gasteiger charge is 2.54. The summed E-state index contributed by atoms with van der Waals surface area (Å²) in [7, 11) is 0. The van der Waals surface area contributed by atoms with Crippen LogP contribution >= 0.6 is 0 Å². The Balaban J connectivity index is 0.000000252. The fourth-order valence-electron chi connectivity index (χ4n) is 12.7. The third-order valence-corrected chi connectivity index (χ3v) is 18.9. The number of hydrogen-bond donors (Lipinski definition) is 3. The van der Waals surface area contributed by atoms with Crippen LogP contribution in [-0.2, 0) is 17.6 Å². The number of rotatable bonds is 20. The van der Waals surface area contributed by atoms with Crippen molar-refractivity contribution >= 4 is 46.5 Å². The summed E-state index contributed by atoms with van der Waals surface area (Å²) >= 11 is 0. The van der Waals surface area contributed by atoms with Crippen molar-refractivity contribution in [3.8, 4) is 28.9 Å². The van der Waals surface area contributed by atoms with Gasteiger partial charge in [0.25, 0.3) is 17.3 Å². The summed E-state index contributed by atoms with van der Waals surface area (Å²) < 4.78 is 21.3. The zero-order valence-electron chi connectivity index (χ0n) is 52.4. The van der Waals surface area contributed by atoms with Crippen LogP contribution in [0.2, 0.25) is 0 Å². The van der Waals surface area contributed by atoms with Crippen LogP contribution in [0.1, 0.15) is 168 Å². The number of benzene rings is 2. The number of H-pyrrole nitrogens is 2. The Kier molecular flexibility index (Phi) is 20.4. The molecule has 17 heteroatoms. The lowest BCUT2D eigenvalue weighted by atomic mass is 9.46. The quantitative estimate of drug-likeness (QED) is 0.0500. The molecule has 2 saturated carbocycles. The van der Waals surface area contributed by atoms with E-state index in [4.69, 9.17) is 37.3 Å². The summed E-state index contributed by atoms with van der Waals surface area (Å²) in [6.07, 6.45) is 11.3. The second kappa shape index (κ2) is 26.8. The Morgan fingerprint density at radius 1 is 0.798 bits per heavy atom. The van der Waals surface area contributed by atoms with Crippen molar-refractivity contribution in [1.82, 2.24) is 39.0 Å². The minimum atomic E-state index is -0.667. The van der Waals surface area contributed by atoms with Crippen LogP contribution in [0.4, 0.5) is 26.7 Å². The predicted octanol–water partition coefficient (Wildman–Crippen LogP) is 16.4. The number of aromatic nitrogens is 6. The highest BCUT2D eigenvalue weighted by molar-refractivity contribution is 5.95. The minimum absolute atomic E-state index is 0.0692. The van der Waals surface area contributed by atoms with E-state index in [0.29, 0.717) is 103 Å². The van der Waals surface area contributed by atoms with Gasteiger partial charge in [0, 0.05) is 54.5 Å². The number of carbonyl (C=O) groups excluding carboxylic acids is 3. The molecular weight excluding hydrogens is 1050 g/mol. The Hall–Kier alpha value is -7.79. The Morgan fingerprint density at radius 3 is 1.94 bits per heavy atom. The van der Waals surface area contributed by atoms with Crippen molar-refractivity contribution in [3.63, 3.8) is 0 Å². The van der Waals surface area contributed by atoms with Crippen LogP contribution in [0.5, 0.6) is 17.5 Å². The predicted molar refractivity (Wildman–Crippen MR) is 335 cm³/mol. The van der Waals surface area contributed by atoms with Gasteiger partial charge in [0.05, 0.1) is 13.1 Å². The molecule has 450 valence electrons. The first-order chi connectivity index (χ1) is 39.9. The molecule has 4 atom stereocenters. The van der Waals surface area contributed by atoms with Gasteiger partial charge in [0.1, 0.15) is 22.9 Å². The molecule has 0 spiro atoms. The summed E-state index contributed by atoms with van der Waals surface area (Å²) in [5.41, 5.74) is 7.06. The summed E-state index contributed by atoms with van der Waals surface area (Å²) in [5, 5.41) is 9.65. The second-order valence-corrected chi connectivity index (χ2v) is 24.9. The molecule has 2 aromatic carbocycles. The van der Waals surface area contributed by atoms with Crippen LogP contribution in [-0.4, -0.2) is 89.4 Å². The van der Waals surface area contributed by atoms with Crippen LogP contribution in [0.3, 0.4) is 0 Å². The summed E-state index contributed by atoms with van der Waals surface area (Å²) in [6, 6.07) is 13.3. The van der Waals surface area contributed by atoms with Crippen LogP contribution in [0.25, 0.3) is 32.4 Å². The molecule has 17 nitrogen and oxygen atoms in total. The normalized spacial score (nSPS) is 18.5. The van der Waals surface area contributed by atoms with E-state index in [9.17, 15) is 14.4 Å². The van der Waals surface area contributed by atoms with Crippen LogP contribution in [0, 0.1) is 61.0 Å². The van der Waals surface area contributed by atoms with Gasteiger partial charge < -0.3 is 29.3 Å². The number of aryl methyl sites for hydroxylation is 2. The molecule has 2 aliphatic carbocycles. The number of aromatic amines is 2. The topological polar surface area (TPSA) is 172 Å². The zero-order valence-corrected chi connectivity index (χ0v) is 52.4. The number of nitrogens with zero attached hydrogens (tertiary/aromatic N) is 8. The molecule has 0 aliphatic heterocycles. The van der Waals surface area contributed by atoms with E-state index < -0.39 is 18.3 Å². The molecule has 2 aliphatic rings. The van der Waals surface area contributed by atoms with E-state index in [0.717, 1.165) is 65.7 Å². The van der Waals surface area contributed by atoms with Gasteiger partial charge in [-0.15, -0.1) is 13.2 Å². The van der Waals surface area contributed by atoms with Gasteiger partial charge in [-0.05, 0) is 124 Å². The first-order valence-electron chi connectivity index (χ1n) is 30.3. The monoisotopic (exact) mass is 1150 g/mol. The molecular formula is C67H91N11O6. The van der Waals surface area contributed by atoms with Crippen LogP contribution < -0.4 is 19.5 Å². The second-order valence-electron chi connectivity index (χ2n) is 24.9. The smallest absolute Gasteiger partial charge is 0.416 e. The van der Waals surface area contributed by atoms with Crippen LogP contribution in [0.15, 0.2) is 67.8 Å². The number of carbonyl (C=O) groups is 3. The molecule has 3 amide bonds. The SMILES string of the molecule is [C-]#[N+]c1c(CC2(C)C(C)(C)CCCC2(C)C)c2nc(C(C)CC)[nH]n2c1OC(=O)N(CC=C)CC=C.[C-]#[N+]c1c(CC2C(C)CCCC2C)c2nc(-c3cccc(NC(=O)C(CC)Oc4ccc(C)cc4C)c3)[nH]n2c1OC(=O)N(CC)CC. The Bertz CT molecular complexity index is 3390. The van der Waals surface area contributed by atoms with Gasteiger partial charge >= 0.3 is 12.2 Å². The molecule has 4 heterocycles. The lowest BCUT2D eigenvalue weighted by Crippen LogP contribution is -2.51. The van der Waals surface area contributed by atoms with Gasteiger partial charge in [-0.3, -0.25) is 15.0 Å². The van der Waals surface area contributed by atoms with Crippen molar-refractivity contribution in [3.05, 3.63) is 119 Å². The number of fused-ring (bicyclic) bond motifs is 2. The first kappa shape index (κ1) is 63.8. The minimum Gasteiger partial charge on any atom is -0.480 e. The van der Waals surface area contributed by atoms with Gasteiger partial charge in [0.2, 0.25) is 11.8 Å². The van der Waals surface area contributed by atoms with Crippen molar-refractivity contribution in [2.24, 2.45) is 34.0 Å². The highest BCUT2D eigenvalue weighted by atomic mass is 16.6. The van der Waals surface area contributed by atoms with E-state index in [1.54, 1.807) is 26.1 Å². The molecule has 0 bridgehead atoms. The highest BCUT2D eigenvalue weighted by Crippen LogP contribution is 2.62. The standard InChI is InChI=1S/C38H48N6O4.C29H43N5O2/c1-9-31(47-32-19-18-23(4)20-26(32)7)36(45)40-28-17-13-16-27(21-28)34-41-35-30(22-29-24(5)14-12-15-25(29)6)33(39-8)37(44(35)42-34)48-38(46)43(10-2)11-3;1-11-17-33(18-12-2)26(35)36-25-22(30-10)21(24-31-23(20(4)13-3)32-34(24)25)19-29(9)27(5,6)15-14-16-28(29,7)8/h13,16-21,24-25,29,31H,9-12,14-15,22H2,1-7H3,(H,40,45)(H,41,42);11-12,20H,1-2,13-19H2,3-9H3,(H,31,32). The summed E-state index contributed by atoms with van der Waals surface area (Å²) in [6.45, 7) is 55.6. The molecule has 4 aromatic heterocycles. The van der Waals surface area contributed by atoms with Gasteiger partial charge in [-0.2, -0.15) is 0 Å². The lowest BCUT2D eigenvalue weighted by molar-refractivity contribution is -0.122. The molecule has 6 aromatic rings. The van der Waals surface area contributed by atoms with Crippen molar-refractivity contribution in [2.75, 3.05) is 31.5 Å². The van der Waals surface area contributed by atoms with E-state index in [2.05, 4.69) is 101 Å². The van der Waals surface area contributed by atoms with Crippen molar-refractivity contribution in [2.45, 2.75) is 173 Å². The van der Waals surface area contributed by atoms with E-state index in [1.807, 2.05) is 77.1 Å². The summed E-state index contributed by atoms with van der Waals surface area (Å²) in [5.74, 6) is 3.75. The molecule has 3 N–H and O–H groups in total. The molecule has 2 fully saturated rings. The van der Waals surface area contributed by atoms with E-state index >= 15 is 0 Å². The Labute approximate surface area is 498 Å². The molecule has 0 saturated heterocycles. The average Bonchev–Trinajstić information content (AvgIpc) is 2.64. The largest absolute Gasteiger partial charge is 0.480 e. The maximum absolute atomic E-state index is 13.3. The van der Waals surface area contributed by atoms with E-state index in [1.165, 1.54) is 17.7 Å². The molecule has 84 heavy (non-hydrogen) atoms. The third kappa shape index (κ3) is 13.1. The van der Waals surface area contributed by atoms with Gasteiger partial charge in [-0.25, -0.2) is 38.3 Å². The zero-order chi connectivity index (χ0) is 61.4. The Morgan fingerprint density at radius 2 is 1.38 bits per heavy atom. The third-order valence-electron chi connectivity index (χ3n) is 18.9. The number of hydrogen-bond acceptors (Lipinski definition) is 8. The molecule has 0 radical (unpaired) electrons. The fourth-order valence-corrected chi connectivity index (χ4v) is 12.7. The number of ether oxygens (including phenoxy) is 3. The molecule has 4 unspecified atom stereocenters. The van der Waals surface area contributed by atoms with Crippen molar-refractivity contribution in [1.29, 1.82) is 0 Å². The summed E-state index contributed by atoms with van der Waals surface area (Å²) in [4.78, 5) is 60.4. The fraction of sp³-hybridized carbons (Fsp3) is 0.537. The van der Waals surface area contributed by atoms with Gasteiger partial charge in [-0.1, -0.05) is 137 Å². The van der Waals surface area contributed by atoms with Gasteiger partial charge in [0.15, 0.2) is 11.9 Å². The number of nitrogens with one attached hydrogen (secondary N) is 3. The number of anilines is 1. The van der Waals surface area contributed by atoms with E-state index in [-0.39, 0.29) is 39.8 Å². The number of amides is 3. The maximum atomic E-state index is 13.3.